The lowest BCUT2D eigenvalue weighted by atomic mass is 10.0. The molecule has 9 heteroatoms. The summed E-state index contributed by atoms with van der Waals surface area (Å²) < 4.78 is 16.0. The second-order valence-corrected chi connectivity index (χ2v) is 6.93. The first kappa shape index (κ1) is 21.4. The number of nitro groups is 1. The molecule has 1 fully saturated rings. The van der Waals surface area contributed by atoms with E-state index in [9.17, 15) is 14.9 Å². The van der Waals surface area contributed by atoms with Gasteiger partial charge in [0, 0.05) is 17.7 Å². The third-order valence-electron chi connectivity index (χ3n) is 5.18. The summed E-state index contributed by atoms with van der Waals surface area (Å²) in [5.41, 5.74) is 1.27. The smallest absolute Gasteiger partial charge is 0.273 e. The monoisotopic (exact) mass is 415 g/mol. The molecule has 1 aliphatic rings. The van der Waals surface area contributed by atoms with Gasteiger partial charge < -0.3 is 19.5 Å². The number of rotatable bonds is 8. The first-order chi connectivity index (χ1) is 14.5. The highest BCUT2D eigenvalue weighted by atomic mass is 16.6. The summed E-state index contributed by atoms with van der Waals surface area (Å²) in [4.78, 5) is 25.2. The van der Waals surface area contributed by atoms with Crippen molar-refractivity contribution < 1.29 is 23.9 Å². The van der Waals surface area contributed by atoms with Gasteiger partial charge in [-0.05, 0) is 43.7 Å². The van der Waals surface area contributed by atoms with Crippen molar-refractivity contribution in [1.29, 1.82) is 0 Å². The first-order valence-electron chi connectivity index (χ1n) is 9.55. The van der Waals surface area contributed by atoms with E-state index in [0.29, 0.717) is 5.69 Å². The number of hydrogen-bond donors (Lipinski definition) is 1. The van der Waals surface area contributed by atoms with Crippen molar-refractivity contribution in [3.8, 4) is 17.2 Å². The second-order valence-electron chi connectivity index (χ2n) is 6.93. The average molecular weight is 415 g/mol. The lowest BCUT2D eigenvalue weighted by molar-refractivity contribution is -0.384. The summed E-state index contributed by atoms with van der Waals surface area (Å²) in [6, 6.07) is 9.77. The minimum absolute atomic E-state index is 0.0274. The largest absolute Gasteiger partial charge is 0.497 e. The Morgan fingerprint density at radius 2 is 1.90 bits per heavy atom. The topological polar surface area (TPSA) is 103 Å². The van der Waals surface area contributed by atoms with Crippen LogP contribution in [-0.4, -0.2) is 50.1 Å². The SMILES string of the molecule is COc1ccc(OC)c(C2CCCN2CC(=O)Nc2ccc([N+](=O)[O-])cc2OC)c1. The van der Waals surface area contributed by atoms with E-state index in [-0.39, 0.29) is 29.9 Å². The Kier molecular flexibility index (Phi) is 6.73. The molecular weight excluding hydrogens is 390 g/mol. The van der Waals surface area contributed by atoms with E-state index in [2.05, 4.69) is 10.2 Å². The molecule has 1 atom stereocenters. The molecule has 0 saturated carbocycles. The van der Waals surface area contributed by atoms with Gasteiger partial charge in [0.25, 0.3) is 5.69 Å². The van der Waals surface area contributed by atoms with Crippen molar-refractivity contribution in [2.24, 2.45) is 0 Å². The van der Waals surface area contributed by atoms with Gasteiger partial charge in [0.05, 0.1) is 44.6 Å². The molecule has 30 heavy (non-hydrogen) atoms. The molecule has 1 heterocycles. The van der Waals surface area contributed by atoms with Crippen LogP contribution in [0.25, 0.3) is 0 Å². The van der Waals surface area contributed by atoms with Crippen molar-refractivity contribution in [2.45, 2.75) is 18.9 Å². The number of anilines is 1. The van der Waals surface area contributed by atoms with Gasteiger partial charge in [-0.1, -0.05) is 0 Å². The minimum Gasteiger partial charge on any atom is -0.497 e. The number of nitro benzene ring substituents is 1. The van der Waals surface area contributed by atoms with Gasteiger partial charge in [-0.3, -0.25) is 19.8 Å². The van der Waals surface area contributed by atoms with Crippen LogP contribution < -0.4 is 19.5 Å². The first-order valence-corrected chi connectivity index (χ1v) is 9.55. The van der Waals surface area contributed by atoms with Crippen molar-refractivity contribution in [1.82, 2.24) is 4.90 Å². The summed E-state index contributed by atoms with van der Waals surface area (Å²) in [5.74, 6) is 1.50. The molecule has 0 radical (unpaired) electrons. The molecule has 1 saturated heterocycles. The molecule has 160 valence electrons. The van der Waals surface area contributed by atoms with Crippen LogP contribution in [0.2, 0.25) is 0 Å². The molecule has 0 aromatic heterocycles. The van der Waals surface area contributed by atoms with Gasteiger partial charge in [-0.15, -0.1) is 0 Å². The number of likely N-dealkylation sites (tertiary alicyclic amines) is 1. The maximum atomic E-state index is 12.7. The van der Waals surface area contributed by atoms with Gasteiger partial charge in [0.2, 0.25) is 5.91 Å². The molecule has 3 rings (SSSR count). The molecule has 2 aromatic rings. The molecule has 2 aromatic carbocycles. The predicted octanol–water partition coefficient (Wildman–Crippen LogP) is 3.40. The van der Waals surface area contributed by atoms with Crippen LogP contribution in [0.5, 0.6) is 17.2 Å². The predicted molar refractivity (Wildman–Crippen MR) is 111 cm³/mol. The summed E-state index contributed by atoms with van der Waals surface area (Å²) in [5, 5.41) is 13.7. The third-order valence-corrected chi connectivity index (χ3v) is 5.18. The van der Waals surface area contributed by atoms with E-state index < -0.39 is 4.92 Å². The number of nitrogens with zero attached hydrogens (tertiary/aromatic N) is 2. The van der Waals surface area contributed by atoms with Crippen LogP contribution in [0.15, 0.2) is 36.4 Å². The molecule has 0 bridgehead atoms. The summed E-state index contributed by atoms with van der Waals surface area (Å²) in [6.07, 6.45) is 1.86. The van der Waals surface area contributed by atoms with Crippen LogP contribution in [0.4, 0.5) is 11.4 Å². The molecular formula is C21H25N3O6. The Morgan fingerprint density at radius 3 is 2.57 bits per heavy atom. The number of amides is 1. The zero-order chi connectivity index (χ0) is 21.7. The third kappa shape index (κ3) is 4.62. The van der Waals surface area contributed by atoms with E-state index in [1.165, 1.54) is 25.3 Å². The Balaban J connectivity index is 1.75. The normalized spacial score (nSPS) is 16.2. The maximum Gasteiger partial charge on any atom is 0.273 e. The molecule has 1 amide bonds. The fourth-order valence-electron chi connectivity index (χ4n) is 3.74. The summed E-state index contributed by atoms with van der Waals surface area (Å²) in [6.45, 7) is 0.945. The van der Waals surface area contributed by atoms with Gasteiger partial charge >= 0.3 is 0 Å². The fourth-order valence-corrected chi connectivity index (χ4v) is 3.74. The number of carbonyl (C=O) groups excluding carboxylic acids is 1. The zero-order valence-electron chi connectivity index (χ0n) is 17.2. The molecule has 1 aliphatic heterocycles. The van der Waals surface area contributed by atoms with E-state index in [1.807, 2.05) is 18.2 Å². The van der Waals surface area contributed by atoms with Crippen molar-refractivity contribution in [3.63, 3.8) is 0 Å². The molecule has 0 aliphatic carbocycles. The Bertz CT molecular complexity index is 933. The lowest BCUT2D eigenvalue weighted by Gasteiger charge is -2.26. The number of methoxy groups -OCH3 is 3. The fraction of sp³-hybridized carbons (Fsp3) is 0.381. The Labute approximate surface area is 174 Å². The standard InChI is InChI=1S/C21H25N3O6/c1-28-15-7-9-19(29-2)16(12-15)18-5-4-10-23(18)13-21(25)22-17-8-6-14(24(26)27)11-20(17)30-3/h6-9,11-12,18H,4-5,10,13H2,1-3H3,(H,22,25). The maximum absolute atomic E-state index is 12.7. The van der Waals surface area contributed by atoms with Gasteiger partial charge in [-0.25, -0.2) is 0 Å². The number of ether oxygens (including phenoxy) is 3. The van der Waals surface area contributed by atoms with Crippen LogP contribution in [0, 0.1) is 10.1 Å². The highest BCUT2D eigenvalue weighted by molar-refractivity contribution is 5.94. The Hall–Kier alpha value is -3.33. The van der Waals surface area contributed by atoms with E-state index in [1.54, 1.807) is 14.2 Å². The lowest BCUT2D eigenvalue weighted by Crippen LogP contribution is -2.33. The number of benzene rings is 2. The second kappa shape index (κ2) is 9.45. The average Bonchev–Trinajstić information content (AvgIpc) is 3.20. The van der Waals surface area contributed by atoms with Gasteiger partial charge in [0.15, 0.2) is 0 Å². The van der Waals surface area contributed by atoms with Crippen molar-refractivity contribution in [2.75, 3.05) is 39.7 Å². The van der Waals surface area contributed by atoms with Gasteiger partial charge in [-0.2, -0.15) is 0 Å². The number of hydrogen-bond acceptors (Lipinski definition) is 7. The number of nitrogens with one attached hydrogen (secondary N) is 1. The van der Waals surface area contributed by atoms with Crippen LogP contribution >= 0.6 is 0 Å². The highest BCUT2D eigenvalue weighted by Crippen LogP contribution is 2.39. The van der Waals surface area contributed by atoms with E-state index in [0.717, 1.165) is 36.4 Å². The number of non-ortho nitro benzene ring substituents is 1. The summed E-state index contributed by atoms with van der Waals surface area (Å²) in [7, 11) is 4.64. The Morgan fingerprint density at radius 1 is 1.13 bits per heavy atom. The number of carbonyl (C=O) groups is 1. The van der Waals surface area contributed by atoms with Crippen molar-refractivity contribution >= 4 is 17.3 Å². The minimum atomic E-state index is -0.509. The molecule has 9 nitrogen and oxygen atoms in total. The quantitative estimate of drug-likeness (QED) is 0.521. The van der Waals surface area contributed by atoms with Crippen molar-refractivity contribution in [3.05, 3.63) is 52.1 Å². The zero-order valence-corrected chi connectivity index (χ0v) is 17.2. The molecule has 1 unspecified atom stereocenters. The van der Waals surface area contributed by atoms with E-state index >= 15 is 0 Å². The molecule has 1 N–H and O–H groups in total. The van der Waals surface area contributed by atoms with Crippen LogP contribution in [0.3, 0.4) is 0 Å². The summed E-state index contributed by atoms with van der Waals surface area (Å²) >= 11 is 0. The van der Waals surface area contributed by atoms with E-state index in [4.69, 9.17) is 14.2 Å². The van der Waals surface area contributed by atoms with Crippen LogP contribution in [0.1, 0.15) is 24.4 Å². The highest BCUT2D eigenvalue weighted by Gasteiger charge is 2.30. The molecule has 0 spiro atoms. The van der Waals surface area contributed by atoms with Gasteiger partial charge in [0.1, 0.15) is 17.2 Å². The van der Waals surface area contributed by atoms with Crippen LogP contribution in [-0.2, 0) is 4.79 Å².